The molecule has 0 bridgehead atoms. The number of alkyl halides is 1. The molecule has 1 aromatic carbocycles. The van der Waals surface area contributed by atoms with E-state index >= 15 is 0 Å². The normalized spacial score (nSPS) is 10.3. The summed E-state index contributed by atoms with van der Waals surface area (Å²) in [6, 6.07) is 7.33. The molecule has 5 heteroatoms. The van der Waals surface area contributed by atoms with Crippen LogP contribution in [-0.2, 0) is 5.88 Å². The molecule has 88 valence electrons. The molecule has 0 spiro atoms. The van der Waals surface area contributed by atoms with Gasteiger partial charge in [-0.25, -0.2) is 4.39 Å². The fourth-order valence-electron chi connectivity index (χ4n) is 1.28. The van der Waals surface area contributed by atoms with Crippen LogP contribution in [0.15, 0.2) is 36.5 Å². The number of ether oxygens (including phenoxy) is 1. The maximum atomic E-state index is 12.8. The van der Waals surface area contributed by atoms with E-state index < -0.39 is 5.82 Å². The smallest absolute Gasteiger partial charge is 0.146 e. The second kappa shape index (κ2) is 5.34. The molecule has 17 heavy (non-hydrogen) atoms. The lowest BCUT2D eigenvalue weighted by molar-refractivity contribution is 0.479. The molecular weight excluding hydrogens is 264 g/mol. The molecule has 0 fully saturated rings. The van der Waals surface area contributed by atoms with E-state index in [2.05, 4.69) is 4.98 Å². The van der Waals surface area contributed by atoms with Crippen molar-refractivity contribution in [2.24, 2.45) is 0 Å². The summed E-state index contributed by atoms with van der Waals surface area (Å²) in [7, 11) is 0. The quantitative estimate of drug-likeness (QED) is 0.772. The minimum atomic E-state index is -0.404. The fourth-order valence-corrected chi connectivity index (χ4v) is 1.63. The van der Waals surface area contributed by atoms with Crippen molar-refractivity contribution in [2.75, 3.05) is 0 Å². The van der Waals surface area contributed by atoms with Crippen molar-refractivity contribution in [2.45, 2.75) is 5.88 Å². The van der Waals surface area contributed by atoms with Crippen LogP contribution in [0.4, 0.5) is 4.39 Å². The molecule has 1 heterocycles. The lowest BCUT2D eigenvalue weighted by Gasteiger charge is -2.07. The number of aromatic nitrogens is 1. The van der Waals surface area contributed by atoms with E-state index in [0.717, 1.165) is 0 Å². The Balaban J connectivity index is 2.25. The van der Waals surface area contributed by atoms with Gasteiger partial charge in [0.2, 0.25) is 0 Å². The van der Waals surface area contributed by atoms with Crippen LogP contribution in [0.3, 0.4) is 0 Å². The Labute approximate surface area is 108 Å². The fraction of sp³-hybridized carbons (Fsp3) is 0.0833. The molecule has 1 aromatic heterocycles. The topological polar surface area (TPSA) is 22.1 Å². The Kier molecular flexibility index (Phi) is 3.82. The zero-order valence-corrected chi connectivity index (χ0v) is 10.2. The van der Waals surface area contributed by atoms with Crippen LogP contribution in [0.1, 0.15) is 5.69 Å². The first-order valence-corrected chi connectivity index (χ1v) is 5.74. The average molecular weight is 272 g/mol. The number of hydrogen-bond donors (Lipinski definition) is 0. The van der Waals surface area contributed by atoms with Gasteiger partial charge in [0.1, 0.15) is 17.3 Å². The Morgan fingerprint density at radius 1 is 1.24 bits per heavy atom. The monoisotopic (exact) mass is 271 g/mol. The largest absolute Gasteiger partial charge is 0.456 e. The average Bonchev–Trinajstić information content (AvgIpc) is 2.33. The number of halogens is 3. The number of nitrogens with zero attached hydrogens (tertiary/aromatic N) is 1. The highest BCUT2D eigenvalue weighted by atomic mass is 35.5. The molecule has 0 amide bonds. The van der Waals surface area contributed by atoms with Gasteiger partial charge in [-0.05, 0) is 24.3 Å². The summed E-state index contributed by atoms with van der Waals surface area (Å²) in [4.78, 5) is 4.03. The van der Waals surface area contributed by atoms with Gasteiger partial charge in [0.25, 0.3) is 0 Å². The maximum absolute atomic E-state index is 12.8. The van der Waals surface area contributed by atoms with Crippen LogP contribution in [0, 0.1) is 5.82 Å². The lowest BCUT2D eigenvalue weighted by Crippen LogP contribution is -1.89. The molecule has 2 rings (SSSR count). The SMILES string of the molecule is Fc1ccc(Oc2ccnc(CCl)c2)c(Cl)c1. The molecule has 0 unspecified atom stereocenters. The third kappa shape index (κ3) is 3.08. The van der Waals surface area contributed by atoms with E-state index in [1.54, 1.807) is 18.3 Å². The van der Waals surface area contributed by atoms with Crippen LogP contribution < -0.4 is 4.74 Å². The molecule has 0 saturated heterocycles. The van der Waals surface area contributed by atoms with Gasteiger partial charge in [0.15, 0.2) is 0 Å². The van der Waals surface area contributed by atoms with Crippen LogP contribution in [0.2, 0.25) is 5.02 Å². The van der Waals surface area contributed by atoms with Gasteiger partial charge in [0, 0.05) is 12.3 Å². The first kappa shape index (κ1) is 12.1. The maximum Gasteiger partial charge on any atom is 0.146 e. The standard InChI is InChI=1S/C12H8Cl2FNO/c13-7-9-6-10(3-4-16-9)17-12-2-1-8(15)5-11(12)14/h1-6H,7H2. The van der Waals surface area contributed by atoms with Gasteiger partial charge in [0.05, 0.1) is 16.6 Å². The predicted octanol–water partition coefficient (Wildman–Crippen LogP) is 4.41. The number of rotatable bonds is 3. The zero-order chi connectivity index (χ0) is 12.3. The zero-order valence-electron chi connectivity index (χ0n) is 8.66. The van der Waals surface area contributed by atoms with Crippen molar-refractivity contribution >= 4 is 23.2 Å². The van der Waals surface area contributed by atoms with Gasteiger partial charge in [-0.2, -0.15) is 0 Å². The summed E-state index contributed by atoms with van der Waals surface area (Å²) in [5.74, 6) is 0.844. The molecule has 2 nitrogen and oxygen atoms in total. The molecule has 0 radical (unpaired) electrons. The predicted molar refractivity (Wildman–Crippen MR) is 65.3 cm³/mol. The van der Waals surface area contributed by atoms with Gasteiger partial charge < -0.3 is 4.74 Å². The molecule has 0 aliphatic heterocycles. The highest BCUT2D eigenvalue weighted by Gasteiger charge is 2.05. The van der Waals surface area contributed by atoms with E-state index in [-0.39, 0.29) is 5.02 Å². The van der Waals surface area contributed by atoms with Crippen LogP contribution in [0.5, 0.6) is 11.5 Å². The van der Waals surface area contributed by atoms with Crippen molar-refractivity contribution in [1.29, 1.82) is 0 Å². The number of benzene rings is 1. The second-order valence-corrected chi connectivity index (χ2v) is 3.97. The molecule has 0 aliphatic carbocycles. The van der Waals surface area contributed by atoms with E-state index in [0.29, 0.717) is 23.1 Å². The third-order valence-corrected chi connectivity index (χ3v) is 2.62. The highest BCUT2D eigenvalue weighted by molar-refractivity contribution is 6.32. The number of pyridine rings is 1. The minimum Gasteiger partial charge on any atom is -0.456 e. The minimum absolute atomic E-state index is 0.217. The van der Waals surface area contributed by atoms with Crippen LogP contribution >= 0.6 is 23.2 Å². The van der Waals surface area contributed by atoms with E-state index in [1.807, 2.05) is 0 Å². The van der Waals surface area contributed by atoms with Crippen molar-refractivity contribution in [3.63, 3.8) is 0 Å². The summed E-state index contributed by atoms with van der Waals surface area (Å²) in [6.45, 7) is 0. The summed E-state index contributed by atoms with van der Waals surface area (Å²) in [5, 5.41) is 0.217. The molecule has 0 atom stereocenters. The summed E-state index contributed by atoms with van der Waals surface area (Å²) in [5.41, 5.74) is 0.697. The molecule has 0 saturated carbocycles. The first-order chi connectivity index (χ1) is 8.19. The van der Waals surface area contributed by atoms with Gasteiger partial charge in [-0.1, -0.05) is 11.6 Å². The molecule has 0 aliphatic rings. The lowest BCUT2D eigenvalue weighted by atomic mass is 10.3. The first-order valence-electron chi connectivity index (χ1n) is 4.83. The summed E-state index contributed by atoms with van der Waals surface area (Å²) in [6.07, 6.45) is 1.59. The molecular formula is C12H8Cl2FNO. The third-order valence-electron chi connectivity index (χ3n) is 2.05. The van der Waals surface area contributed by atoms with Gasteiger partial charge in [-0.15, -0.1) is 11.6 Å². The van der Waals surface area contributed by atoms with E-state index in [1.165, 1.54) is 18.2 Å². The summed E-state index contributed by atoms with van der Waals surface area (Å²) >= 11 is 11.5. The van der Waals surface area contributed by atoms with Crippen molar-refractivity contribution in [1.82, 2.24) is 4.98 Å². The van der Waals surface area contributed by atoms with E-state index in [9.17, 15) is 4.39 Å². The highest BCUT2D eigenvalue weighted by Crippen LogP contribution is 2.29. The molecule has 2 aromatic rings. The Bertz CT molecular complexity index is 534. The summed E-state index contributed by atoms with van der Waals surface area (Å²) < 4.78 is 18.3. The van der Waals surface area contributed by atoms with Crippen molar-refractivity contribution < 1.29 is 9.13 Å². The second-order valence-electron chi connectivity index (χ2n) is 3.29. The van der Waals surface area contributed by atoms with Gasteiger partial charge in [-0.3, -0.25) is 4.98 Å². The van der Waals surface area contributed by atoms with Crippen LogP contribution in [-0.4, -0.2) is 4.98 Å². The molecule has 0 N–H and O–H groups in total. The Hall–Kier alpha value is -1.32. The van der Waals surface area contributed by atoms with Crippen molar-refractivity contribution in [3.05, 3.63) is 53.1 Å². The van der Waals surface area contributed by atoms with Crippen molar-refractivity contribution in [3.8, 4) is 11.5 Å². The number of hydrogen-bond acceptors (Lipinski definition) is 2. The van der Waals surface area contributed by atoms with Crippen LogP contribution in [0.25, 0.3) is 0 Å². The van der Waals surface area contributed by atoms with E-state index in [4.69, 9.17) is 27.9 Å². The van der Waals surface area contributed by atoms with Gasteiger partial charge >= 0.3 is 0 Å². The Morgan fingerprint density at radius 3 is 2.76 bits per heavy atom. The Morgan fingerprint density at radius 2 is 2.06 bits per heavy atom.